The summed E-state index contributed by atoms with van der Waals surface area (Å²) in [6.07, 6.45) is 21.7. The minimum absolute atomic E-state index is 0.00914. The van der Waals surface area contributed by atoms with Crippen molar-refractivity contribution in [3.8, 4) is 17.6 Å². The maximum Gasteiger partial charge on any atom is 0.340 e. The highest BCUT2D eigenvalue weighted by Gasteiger charge is 2.64. The number of ether oxygens (including phenoxy) is 4. The molecule has 4 heterocycles. The Labute approximate surface area is 532 Å². The summed E-state index contributed by atoms with van der Waals surface area (Å²) < 4.78 is 34.6. The Balaban J connectivity index is 0.922. The maximum atomic E-state index is 16.3. The zero-order valence-corrected chi connectivity index (χ0v) is 52.1. The minimum Gasteiger partial charge on any atom is -0.481 e. The first kappa shape index (κ1) is 58.5. The molecular formula is C80H80O11. The molecule has 2 spiro atoms. The molecule has 0 saturated heterocycles. The van der Waals surface area contributed by atoms with Crippen molar-refractivity contribution in [1.82, 2.24) is 0 Å². The van der Waals surface area contributed by atoms with Gasteiger partial charge in [-0.2, -0.15) is 0 Å². The monoisotopic (exact) mass is 1220 g/mol. The second kappa shape index (κ2) is 23.2. The van der Waals surface area contributed by atoms with Crippen molar-refractivity contribution >= 4 is 35.1 Å². The third-order valence-electron chi connectivity index (χ3n) is 24.1. The largest absolute Gasteiger partial charge is 0.481 e. The van der Waals surface area contributed by atoms with Crippen molar-refractivity contribution in [1.29, 1.82) is 0 Å². The number of aliphatic hydroxyl groups is 3. The van der Waals surface area contributed by atoms with Crippen LogP contribution < -0.4 is 10.4 Å². The maximum absolute atomic E-state index is 16.3. The van der Waals surface area contributed by atoms with Crippen LogP contribution in [-0.2, 0) is 61.5 Å². The highest BCUT2D eigenvalue weighted by atomic mass is 16.6. The van der Waals surface area contributed by atoms with Crippen molar-refractivity contribution in [3.05, 3.63) is 215 Å². The Hall–Kier alpha value is -7.59. The van der Waals surface area contributed by atoms with Gasteiger partial charge in [-0.15, -0.1) is 0 Å². The average molecular weight is 1220 g/mol. The smallest absolute Gasteiger partial charge is 0.340 e. The Kier molecular flexibility index (Phi) is 14.9. The van der Waals surface area contributed by atoms with Gasteiger partial charge in [0.1, 0.15) is 11.3 Å². The molecule has 466 valence electrons. The van der Waals surface area contributed by atoms with Gasteiger partial charge in [0.05, 0.1) is 31.8 Å². The second-order valence-electron chi connectivity index (χ2n) is 28.0. The van der Waals surface area contributed by atoms with Gasteiger partial charge >= 0.3 is 17.6 Å². The number of methoxy groups -OCH3 is 1. The fourth-order valence-corrected chi connectivity index (χ4v) is 20.2. The van der Waals surface area contributed by atoms with E-state index in [-0.39, 0.29) is 109 Å². The van der Waals surface area contributed by atoms with Gasteiger partial charge in [-0.25, -0.2) is 9.59 Å². The van der Waals surface area contributed by atoms with Crippen LogP contribution in [0.4, 0.5) is 0 Å². The van der Waals surface area contributed by atoms with Crippen LogP contribution in [0.1, 0.15) is 185 Å². The van der Waals surface area contributed by atoms with Crippen molar-refractivity contribution in [3.63, 3.8) is 0 Å². The molecule has 2 fully saturated rings. The first-order valence-electron chi connectivity index (χ1n) is 33.7. The highest BCUT2D eigenvalue weighted by molar-refractivity contribution is 5.91. The third-order valence-corrected chi connectivity index (χ3v) is 24.1. The summed E-state index contributed by atoms with van der Waals surface area (Å²) in [6, 6.07) is 32.9. The summed E-state index contributed by atoms with van der Waals surface area (Å²) >= 11 is 0. The number of hydrogen-bond donors (Lipinski definition) is 3. The number of carbonyl (C=O) groups is 2. The molecular weight excluding hydrogens is 1140 g/mol. The van der Waals surface area contributed by atoms with E-state index in [0.717, 1.165) is 43.2 Å². The van der Waals surface area contributed by atoms with E-state index in [0.29, 0.717) is 65.4 Å². The molecule has 1 aromatic heterocycles. The Bertz CT molecular complexity index is 4220. The second-order valence-corrected chi connectivity index (χ2v) is 28.0. The molecule has 0 unspecified atom stereocenters. The van der Waals surface area contributed by atoms with E-state index in [1.54, 1.807) is 13.0 Å². The number of allylic oxidation sites excluding steroid dienone is 4. The van der Waals surface area contributed by atoms with Crippen LogP contribution in [0.3, 0.4) is 0 Å². The molecule has 7 aliphatic carbocycles. The lowest BCUT2D eigenvalue weighted by Gasteiger charge is -2.55. The molecule has 11 heteroatoms. The molecule has 0 radical (unpaired) electrons. The van der Waals surface area contributed by atoms with E-state index in [2.05, 4.69) is 127 Å². The number of aryl methyl sites for hydroxylation is 1. The predicted molar refractivity (Wildman–Crippen MR) is 348 cm³/mol. The summed E-state index contributed by atoms with van der Waals surface area (Å²) in [5.74, 6) is 6.27. The lowest BCUT2D eigenvalue weighted by Crippen LogP contribution is -2.61. The van der Waals surface area contributed by atoms with Crippen molar-refractivity contribution in [2.45, 2.75) is 157 Å². The van der Waals surface area contributed by atoms with Crippen LogP contribution in [0, 0.1) is 47.3 Å². The van der Waals surface area contributed by atoms with Gasteiger partial charge < -0.3 is 38.7 Å². The van der Waals surface area contributed by atoms with E-state index >= 15 is 9.59 Å². The van der Waals surface area contributed by atoms with Crippen molar-refractivity contribution < 1.29 is 48.3 Å². The number of fused-ring (bicyclic) bond motifs is 14. The summed E-state index contributed by atoms with van der Waals surface area (Å²) in [7, 11) is 1.52. The molecule has 3 N–H and O–H groups in total. The summed E-state index contributed by atoms with van der Waals surface area (Å²) in [6.45, 7) is 0.677. The van der Waals surface area contributed by atoms with Gasteiger partial charge in [-0.1, -0.05) is 134 Å². The molecule has 5 aromatic carbocycles. The number of hydrogen-bond acceptors (Lipinski definition) is 11. The van der Waals surface area contributed by atoms with Gasteiger partial charge in [0, 0.05) is 72.2 Å². The number of esters is 2. The van der Waals surface area contributed by atoms with Gasteiger partial charge in [0.2, 0.25) is 0 Å². The van der Waals surface area contributed by atoms with Crippen molar-refractivity contribution in [2.24, 2.45) is 35.5 Å². The number of aliphatic hydroxyl groups excluding tert-OH is 3. The number of carbonyl (C=O) groups excluding carboxylic acids is 2. The lowest BCUT2D eigenvalue weighted by molar-refractivity contribution is -0.205. The Morgan fingerprint density at radius 3 is 2.44 bits per heavy atom. The summed E-state index contributed by atoms with van der Waals surface area (Å²) in [5.41, 5.74) is 13.4. The molecule has 91 heavy (non-hydrogen) atoms. The SMILES string of the molecule is COC[C@@H](CCO)c1c(CO)c2ccc3c(c2oc1=O)[C@H]1OC(=O)C[C@@H]2C[C@@H](c4cccc5c4CC[C@@H]4CCC[C@H]6C=Cc7ccccc7[C@@]546)C=C[C@H]2c2ccc4c5c2CC#CC[C@](O3)([C@@H]2C[C@@H]3c6ccccc6C=C[C@@H]3[C@H]2CC5)[C@H]1OC(=O)/C(=C(/C)CO)CC4. The van der Waals surface area contributed by atoms with Crippen LogP contribution in [0.25, 0.3) is 23.1 Å². The first-order valence-corrected chi connectivity index (χ1v) is 33.7. The van der Waals surface area contributed by atoms with Gasteiger partial charge in [0.15, 0.2) is 17.8 Å². The molecule has 16 rings (SSSR count). The highest BCUT2D eigenvalue weighted by Crippen LogP contribution is 2.64. The molecule has 10 aliphatic rings. The van der Waals surface area contributed by atoms with E-state index in [1.807, 2.05) is 6.07 Å². The summed E-state index contributed by atoms with van der Waals surface area (Å²) in [4.78, 5) is 47.0. The number of rotatable bonds is 8. The van der Waals surface area contributed by atoms with E-state index < -0.39 is 47.9 Å². The molecule has 6 aromatic rings. The molecule has 4 bridgehead atoms. The van der Waals surface area contributed by atoms with Gasteiger partial charge in [0.25, 0.3) is 0 Å². The van der Waals surface area contributed by atoms with Crippen LogP contribution in [0.15, 0.2) is 136 Å². The van der Waals surface area contributed by atoms with Crippen LogP contribution in [0.2, 0.25) is 0 Å². The van der Waals surface area contributed by atoms with E-state index in [9.17, 15) is 20.1 Å². The molecule has 2 saturated carbocycles. The Morgan fingerprint density at radius 2 is 1.58 bits per heavy atom. The van der Waals surface area contributed by atoms with Gasteiger partial charge in [-0.3, -0.25) is 4.79 Å². The standard InChI is InChI=1S/C80H80O11/c1-45(42-82)54-27-21-47-23-29-60-58-28-24-49(56-17-10-19-68-62(56)31-26-53-14-9-13-52-25-20-48-12-4-6-18-67(48)80(52,53)68)39-51(58)40-71(84)88-75-73-70(35-34-64-66(43-83)72(78(86)89-74(64)73)50(36-38-81)44-87-2)91-79(76(75)90-77(54)85)37-8-7-16-59(60)57(47)32-33-63-61-30-22-46-11-3-5-15-55(46)65(61)41-69(63)79/h3-6,10-12,15,17-20,22-25,28-30,34-35,49-53,58,61,63,65,69,75-76,81-83H,9,13-14,16,21,26-27,31-33,36-44H2,1-2H3/b54-45-/t49-,50+,51-,52-,53-,58+,61+,63+,65+,69+,75+,76-,79-,80-/m0/s1. The van der Waals surface area contributed by atoms with Crippen molar-refractivity contribution in [2.75, 3.05) is 26.9 Å². The molecule has 11 nitrogen and oxygen atoms in total. The Morgan fingerprint density at radius 1 is 0.758 bits per heavy atom. The van der Waals surface area contributed by atoms with Gasteiger partial charge in [-0.05, 0) is 198 Å². The predicted octanol–water partition coefficient (Wildman–Crippen LogP) is 13.4. The third kappa shape index (κ3) is 9.14. The van der Waals surface area contributed by atoms with Crippen LogP contribution in [0.5, 0.6) is 5.75 Å². The fourth-order valence-electron chi connectivity index (χ4n) is 20.2. The topological polar surface area (TPSA) is 162 Å². The summed E-state index contributed by atoms with van der Waals surface area (Å²) in [5, 5.41) is 33.1. The lowest BCUT2D eigenvalue weighted by atomic mass is 9.48. The normalized spacial score (nSPS) is 31.3. The van der Waals surface area contributed by atoms with Crippen LogP contribution in [-0.4, -0.2) is 65.9 Å². The fraction of sp³-hybridized carbons (Fsp3) is 0.438. The average Bonchev–Trinajstić information content (AvgIpc) is 1.31. The number of benzene rings is 5. The van der Waals surface area contributed by atoms with Crippen LogP contribution >= 0.6 is 0 Å². The quantitative estimate of drug-likeness (QED) is 0.0437. The first-order chi connectivity index (χ1) is 44.6. The zero-order valence-electron chi connectivity index (χ0n) is 52.1. The van der Waals surface area contributed by atoms with E-state index in [4.69, 9.17) is 23.4 Å². The zero-order chi connectivity index (χ0) is 61.9. The molecule has 3 aliphatic heterocycles. The molecule has 14 atom stereocenters. The molecule has 0 amide bonds. The minimum atomic E-state index is -1.46. The van der Waals surface area contributed by atoms with E-state index in [1.165, 1.54) is 70.0 Å².